The van der Waals surface area contributed by atoms with Crippen molar-refractivity contribution in [3.8, 4) is 5.75 Å². The Hall–Kier alpha value is -1.39. The maximum atomic E-state index is 13.2. The quantitative estimate of drug-likeness (QED) is 0.894. The van der Waals surface area contributed by atoms with Gasteiger partial charge in [0.15, 0.2) is 0 Å². The van der Waals surface area contributed by atoms with Crippen LogP contribution in [0.3, 0.4) is 0 Å². The molecule has 1 N–H and O–H groups in total. The van der Waals surface area contributed by atoms with Gasteiger partial charge in [-0.2, -0.15) is 0 Å². The lowest BCUT2D eigenvalue weighted by atomic mass is 10.1. The Balaban J connectivity index is 2.10. The van der Waals surface area contributed by atoms with E-state index in [1.807, 2.05) is 6.07 Å². The van der Waals surface area contributed by atoms with Gasteiger partial charge < -0.3 is 9.84 Å². The van der Waals surface area contributed by atoms with Gasteiger partial charge in [-0.1, -0.05) is 6.92 Å². The van der Waals surface area contributed by atoms with Crippen molar-refractivity contribution < 1.29 is 14.2 Å². The summed E-state index contributed by atoms with van der Waals surface area (Å²) >= 11 is 1.71. The number of ether oxygens (including phenoxy) is 1. The Labute approximate surface area is 116 Å². The van der Waals surface area contributed by atoms with Gasteiger partial charge in [0.05, 0.1) is 6.10 Å². The normalized spacial score (nSPS) is 12.4. The number of thiophene rings is 1. The number of rotatable bonds is 5. The highest BCUT2D eigenvalue weighted by atomic mass is 32.1. The molecule has 0 unspecified atom stereocenters. The molecule has 2 nitrogen and oxygen atoms in total. The molecule has 0 aliphatic heterocycles. The predicted octanol–water partition coefficient (Wildman–Crippen LogP) is 4.08. The number of halogens is 1. The molecule has 19 heavy (non-hydrogen) atoms. The van der Waals surface area contributed by atoms with Crippen LogP contribution in [0.15, 0.2) is 30.3 Å². The van der Waals surface area contributed by atoms with Crippen LogP contribution in [-0.2, 0) is 13.0 Å². The van der Waals surface area contributed by atoms with Crippen LogP contribution in [0.5, 0.6) is 5.75 Å². The minimum atomic E-state index is -0.750. The van der Waals surface area contributed by atoms with Gasteiger partial charge >= 0.3 is 0 Å². The maximum absolute atomic E-state index is 13.2. The molecule has 1 aromatic heterocycles. The van der Waals surface area contributed by atoms with Crippen LogP contribution < -0.4 is 4.74 Å². The zero-order chi connectivity index (χ0) is 13.8. The number of aliphatic hydroxyl groups excluding tert-OH is 1. The van der Waals surface area contributed by atoms with Crippen LogP contribution in [0.2, 0.25) is 0 Å². The standard InChI is InChI=1S/C15H17FO2S/c1-3-12-5-6-13(19-12)9-18-15-7-4-11(16)8-14(15)10(2)17/h4-8,10,17H,3,9H2,1-2H3/t10-/m0/s1. The minimum absolute atomic E-state index is 0.368. The van der Waals surface area contributed by atoms with Crippen LogP contribution in [0, 0.1) is 5.82 Å². The molecule has 0 fully saturated rings. The monoisotopic (exact) mass is 280 g/mol. The summed E-state index contributed by atoms with van der Waals surface area (Å²) < 4.78 is 18.8. The SMILES string of the molecule is CCc1ccc(COc2ccc(F)cc2[C@H](C)O)s1. The van der Waals surface area contributed by atoms with E-state index < -0.39 is 6.10 Å². The van der Waals surface area contributed by atoms with E-state index in [1.54, 1.807) is 24.3 Å². The van der Waals surface area contributed by atoms with E-state index in [0.29, 0.717) is 17.9 Å². The minimum Gasteiger partial charge on any atom is -0.488 e. The van der Waals surface area contributed by atoms with Crippen molar-refractivity contribution >= 4 is 11.3 Å². The molecule has 0 saturated heterocycles. The van der Waals surface area contributed by atoms with Crippen molar-refractivity contribution in [3.63, 3.8) is 0 Å². The third kappa shape index (κ3) is 3.55. The van der Waals surface area contributed by atoms with Crippen LogP contribution in [0.1, 0.15) is 35.3 Å². The molecule has 0 spiro atoms. The van der Waals surface area contributed by atoms with Gasteiger partial charge in [0.2, 0.25) is 0 Å². The highest BCUT2D eigenvalue weighted by Gasteiger charge is 2.11. The molecule has 0 aliphatic carbocycles. The summed E-state index contributed by atoms with van der Waals surface area (Å²) in [6, 6.07) is 8.34. The molecule has 1 atom stereocenters. The highest BCUT2D eigenvalue weighted by Crippen LogP contribution is 2.27. The fraction of sp³-hybridized carbons (Fsp3) is 0.333. The average molecular weight is 280 g/mol. The fourth-order valence-electron chi connectivity index (χ4n) is 1.82. The summed E-state index contributed by atoms with van der Waals surface area (Å²) in [6.45, 7) is 4.15. The summed E-state index contributed by atoms with van der Waals surface area (Å²) in [5, 5.41) is 9.62. The molecule has 0 aliphatic rings. The van der Waals surface area contributed by atoms with E-state index in [2.05, 4.69) is 13.0 Å². The largest absolute Gasteiger partial charge is 0.488 e. The van der Waals surface area contributed by atoms with Crippen molar-refractivity contribution in [1.82, 2.24) is 0 Å². The maximum Gasteiger partial charge on any atom is 0.125 e. The first-order valence-corrected chi connectivity index (χ1v) is 7.09. The average Bonchev–Trinajstić information content (AvgIpc) is 2.85. The molecule has 2 aromatic rings. The molecule has 1 heterocycles. The molecule has 0 bridgehead atoms. The first-order chi connectivity index (χ1) is 9.10. The molecule has 0 radical (unpaired) electrons. The van der Waals surface area contributed by atoms with Gasteiger partial charge in [-0.25, -0.2) is 4.39 Å². The summed E-state index contributed by atoms with van der Waals surface area (Å²) in [5.41, 5.74) is 0.479. The lowest BCUT2D eigenvalue weighted by molar-refractivity contribution is 0.189. The van der Waals surface area contributed by atoms with E-state index in [0.717, 1.165) is 11.3 Å². The smallest absolute Gasteiger partial charge is 0.125 e. The zero-order valence-electron chi connectivity index (χ0n) is 11.0. The van der Waals surface area contributed by atoms with Gasteiger partial charge in [0, 0.05) is 15.3 Å². The second-order valence-corrected chi connectivity index (χ2v) is 5.62. The van der Waals surface area contributed by atoms with Gasteiger partial charge in [-0.05, 0) is 43.7 Å². The third-order valence-electron chi connectivity index (χ3n) is 2.86. The first-order valence-electron chi connectivity index (χ1n) is 6.28. The zero-order valence-corrected chi connectivity index (χ0v) is 11.8. The van der Waals surface area contributed by atoms with E-state index in [9.17, 15) is 9.50 Å². The van der Waals surface area contributed by atoms with Crippen molar-refractivity contribution in [2.75, 3.05) is 0 Å². The van der Waals surface area contributed by atoms with Crippen LogP contribution in [-0.4, -0.2) is 5.11 Å². The summed E-state index contributed by atoms with van der Waals surface area (Å²) in [7, 11) is 0. The number of hydrogen-bond donors (Lipinski definition) is 1. The summed E-state index contributed by atoms with van der Waals surface area (Å²) in [6.07, 6.45) is 0.264. The topological polar surface area (TPSA) is 29.5 Å². The first kappa shape index (κ1) is 14.0. The molecular weight excluding hydrogens is 263 g/mol. The van der Waals surface area contributed by atoms with Crippen molar-refractivity contribution in [3.05, 3.63) is 51.5 Å². The van der Waals surface area contributed by atoms with Crippen molar-refractivity contribution in [2.24, 2.45) is 0 Å². The van der Waals surface area contributed by atoms with E-state index in [1.165, 1.54) is 17.0 Å². The second-order valence-electron chi connectivity index (χ2n) is 4.37. The Morgan fingerprint density at radius 2 is 2.00 bits per heavy atom. The Morgan fingerprint density at radius 1 is 1.26 bits per heavy atom. The van der Waals surface area contributed by atoms with Crippen LogP contribution in [0.4, 0.5) is 4.39 Å². The summed E-state index contributed by atoms with van der Waals surface area (Å²) in [4.78, 5) is 2.44. The number of aliphatic hydroxyl groups is 1. The van der Waals surface area contributed by atoms with Crippen LogP contribution in [0.25, 0.3) is 0 Å². The Morgan fingerprint density at radius 3 is 2.63 bits per heavy atom. The number of hydrogen-bond acceptors (Lipinski definition) is 3. The number of benzene rings is 1. The lowest BCUT2D eigenvalue weighted by Gasteiger charge is -2.13. The molecule has 2 rings (SSSR count). The molecular formula is C15H17FO2S. The van der Waals surface area contributed by atoms with E-state index in [4.69, 9.17) is 4.74 Å². The van der Waals surface area contributed by atoms with E-state index >= 15 is 0 Å². The summed E-state index contributed by atoms with van der Waals surface area (Å²) in [5.74, 6) is 0.162. The van der Waals surface area contributed by atoms with Crippen molar-refractivity contribution in [2.45, 2.75) is 33.0 Å². The molecule has 4 heteroatoms. The van der Waals surface area contributed by atoms with Crippen molar-refractivity contribution in [1.29, 1.82) is 0 Å². The third-order valence-corrected chi connectivity index (χ3v) is 4.06. The Kier molecular flexibility index (Phi) is 4.56. The molecule has 0 saturated carbocycles. The number of aryl methyl sites for hydroxylation is 1. The highest BCUT2D eigenvalue weighted by molar-refractivity contribution is 7.11. The van der Waals surface area contributed by atoms with Gasteiger partial charge in [0.25, 0.3) is 0 Å². The lowest BCUT2D eigenvalue weighted by Crippen LogP contribution is -2.00. The Bertz CT molecular complexity index is 549. The van der Waals surface area contributed by atoms with Gasteiger partial charge in [0.1, 0.15) is 18.2 Å². The van der Waals surface area contributed by atoms with Gasteiger partial charge in [-0.3, -0.25) is 0 Å². The molecule has 1 aromatic carbocycles. The molecule has 0 amide bonds. The predicted molar refractivity (Wildman–Crippen MR) is 75.1 cm³/mol. The second kappa shape index (κ2) is 6.17. The van der Waals surface area contributed by atoms with Gasteiger partial charge in [-0.15, -0.1) is 11.3 Å². The van der Waals surface area contributed by atoms with Crippen LogP contribution >= 0.6 is 11.3 Å². The van der Waals surface area contributed by atoms with E-state index in [-0.39, 0.29) is 5.82 Å². The molecule has 102 valence electrons. The fourth-order valence-corrected chi connectivity index (χ4v) is 2.69.